The molecule has 17 heavy (non-hydrogen) atoms. The molecule has 1 rings (SSSR count). The Kier molecular flexibility index (Phi) is 3.34. The molecule has 1 aromatic carbocycles. The highest BCUT2D eigenvalue weighted by Gasteiger charge is 2.29. The average molecular weight is 266 g/mol. The molecule has 0 N–H and O–H groups in total. The maximum Gasteiger partial charge on any atom is 0.333 e. The second kappa shape index (κ2) is 4.39. The molecule has 0 spiro atoms. The van der Waals surface area contributed by atoms with Crippen LogP contribution in [0, 0.1) is 20.2 Å². The molecule has 0 aliphatic rings. The van der Waals surface area contributed by atoms with Gasteiger partial charge in [-0.1, -0.05) is 4.39 Å². The van der Waals surface area contributed by atoms with E-state index in [4.69, 9.17) is 0 Å². The van der Waals surface area contributed by atoms with Gasteiger partial charge >= 0.3 is 10.1 Å². The minimum atomic E-state index is -4.95. The zero-order valence-electron chi connectivity index (χ0n) is 7.77. The van der Waals surface area contributed by atoms with Gasteiger partial charge in [0.1, 0.15) is 0 Å². The van der Waals surface area contributed by atoms with Crippen LogP contribution in [0.2, 0.25) is 0 Å². The summed E-state index contributed by atoms with van der Waals surface area (Å²) in [5.74, 6) is 0. The lowest BCUT2D eigenvalue weighted by Gasteiger charge is -1.99. The lowest BCUT2D eigenvalue weighted by molar-refractivity contribution is -0.396. The molecule has 0 aliphatic carbocycles. The molecule has 0 heterocycles. The van der Waals surface area contributed by atoms with E-state index < -0.39 is 36.2 Å². The van der Waals surface area contributed by atoms with Crippen LogP contribution in [-0.2, 0) is 14.5 Å². The van der Waals surface area contributed by atoms with E-state index in [-0.39, 0.29) is 0 Å². The van der Waals surface area contributed by atoms with Gasteiger partial charge in [0.2, 0.25) is 0 Å². The Morgan fingerprint density at radius 1 is 1.18 bits per heavy atom. The molecular formula is C6H3FN2O7S. The fourth-order valence-corrected chi connectivity index (χ4v) is 1.70. The Morgan fingerprint density at radius 3 is 2.18 bits per heavy atom. The Labute approximate surface area is 92.8 Å². The number of nitro benzene ring substituents is 2. The van der Waals surface area contributed by atoms with E-state index in [1.165, 1.54) is 0 Å². The summed E-state index contributed by atoms with van der Waals surface area (Å²) in [6.45, 7) is 0. The van der Waals surface area contributed by atoms with Crippen molar-refractivity contribution < 1.29 is 27.2 Å². The summed E-state index contributed by atoms with van der Waals surface area (Å²) in [5, 5.41) is 20.8. The maximum absolute atomic E-state index is 11.7. The van der Waals surface area contributed by atoms with Gasteiger partial charge < -0.3 is 0 Å². The highest BCUT2D eigenvalue weighted by Crippen LogP contribution is 2.29. The number of hydrogen-bond acceptors (Lipinski definition) is 7. The summed E-state index contributed by atoms with van der Waals surface area (Å²) in [5.41, 5.74) is -1.84. The number of benzene rings is 1. The molecule has 92 valence electrons. The third-order valence-corrected chi connectivity index (χ3v) is 2.75. The first-order valence-corrected chi connectivity index (χ1v) is 5.18. The highest BCUT2D eigenvalue weighted by molar-refractivity contribution is 7.86. The van der Waals surface area contributed by atoms with Crippen molar-refractivity contribution >= 4 is 21.5 Å². The van der Waals surface area contributed by atoms with Crippen molar-refractivity contribution in [1.82, 2.24) is 0 Å². The summed E-state index contributed by atoms with van der Waals surface area (Å²) in [4.78, 5) is 17.6. The molecular weight excluding hydrogens is 263 g/mol. The molecule has 1 aromatic rings. The van der Waals surface area contributed by atoms with Gasteiger partial charge in [-0.15, -0.1) is 0 Å². The van der Waals surface area contributed by atoms with Crippen LogP contribution in [-0.4, -0.2) is 18.3 Å². The Balaban J connectivity index is 3.54. The van der Waals surface area contributed by atoms with E-state index in [2.05, 4.69) is 4.39 Å². The van der Waals surface area contributed by atoms with Gasteiger partial charge in [0.25, 0.3) is 11.4 Å². The molecule has 0 aromatic heterocycles. The summed E-state index contributed by atoms with van der Waals surface area (Å²) < 4.78 is 36.2. The molecule has 0 fully saturated rings. The number of nitro groups is 2. The molecule has 0 atom stereocenters. The molecule has 0 bridgehead atoms. The second-order valence-electron chi connectivity index (χ2n) is 2.68. The van der Waals surface area contributed by atoms with Crippen molar-refractivity contribution in [2.45, 2.75) is 4.90 Å². The Bertz CT molecular complexity index is 584. The fourth-order valence-electron chi connectivity index (χ4n) is 1.01. The van der Waals surface area contributed by atoms with Crippen LogP contribution >= 0.6 is 0 Å². The van der Waals surface area contributed by atoms with E-state index in [9.17, 15) is 33.2 Å². The first-order chi connectivity index (χ1) is 7.79. The van der Waals surface area contributed by atoms with Gasteiger partial charge in [0, 0.05) is 6.07 Å². The van der Waals surface area contributed by atoms with E-state index >= 15 is 0 Å². The van der Waals surface area contributed by atoms with Gasteiger partial charge in [0.05, 0.1) is 15.9 Å². The van der Waals surface area contributed by atoms with Crippen LogP contribution in [0.5, 0.6) is 0 Å². The largest absolute Gasteiger partial charge is 0.333 e. The van der Waals surface area contributed by atoms with Crippen molar-refractivity contribution in [3.05, 3.63) is 38.4 Å². The maximum atomic E-state index is 11.7. The summed E-state index contributed by atoms with van der Waals surface area (Å²) in [6.07, 6.45) is 0. The third kappa shape index (κ3) is 2.51. The van der Waals surface area contributed by atoms with Crippen molar-refractivity contribution in [2.24, 2.45) is 0 Å². The van der Waals surface area contributed by atoms with Crippen LogP contribution in [0.3, 0.4) is 0 Å². The molecule has 11 heteroatoms. The van der Waals surface area contributed by atoms with Gasteiger partial charge in [-0.05, 0) is 10.6 Å². The van der Waals surface area contributed by atoms with Crippen molar-refractivity contribution in [2.75, 3.05) is 0 Å². The number of rotatable bonds is 4. The van der Waals surface area contributed by atoms with E-state index in [0.717, 1.165) is 0 Å². The summed E-state index contributed by atoms with van der Waals surface area (Å²) >= 11 is 0. The quantitative estimate of drug-likeness (QED) is 0.588. The normalized spacial score (nSPS) is 11.1. The molecule has 0 amide bonds. The smallest absolute Gasteiger partial charge is 0.258 e. The Hall–Kier alpha value is -2.14. The van der Waals surface area contributed by atoms with Crippen molar-refractivity contribution in [3.63, 3.8) is 0 Å². The second-order valence-corrected chi connectivity index (χ2v) is 4.16. The standard InChI is InChI=1S/C6H3FN2O7S/c7-16-17(14,15)6-2-1-4(8(10)11)3-5(6)9(12)13/h1-3H. The van der Waals surface area contributed by atoms with Crippen LogP contribution in [0.4, 0.5) is 15.9 Å². The van der Waals surface area contributed by atoms with Crippen LogP contribution in [0.15, 0.2) is 23.1 Å². The molecule has 0 saturated heterocycles. The first-order valence-electron chi connectivity index (χ1n) is 3.77. The monoisotopic (exact) mass is 266 g/mol. The highest BCUT2D eigenvalue weighted by atomic mass is 32.2. The fraction of sp³-hybridized carbons (Fsp3) is 0. The van der Waals surface area contributed by atoms with Gasteiger partial charge in [-0.2, -0.15) is 8.42 Å². The van der Waals surface area contributed by atoms with Gasteiger partial charge in [0.15, 0.2) is 4.90 Å². The minimum Gasteiger partial charge on any atom is -0.258 e. The molecule has 0 aliphatic heterocycles. The number of halogens is 1. The lowest BCUT2D eigenvalue weighted by atomic mass is 10.3. The Morgan fingerprint density at radius 2 is 1.76 bits per heavy atom. The van der Waals surface area contributed by atoms with E-state index in [1.54, 1.807) is 0 Å². The topological polar surface area (TPSA) is 130 Å². The predicted octanol–water partition coefficient (Wildman–Crippen LogP) is 1.09. The average Bonchev–Trinajstić information content (AvgIpc) is 2.28. The van der Waals surface area contributed by atoms with Gasteiger partial charge in [-0.25, -0.2) is 0 Å². The summed E-state index contributed by atoms with van der Waals surface area (Å²) in [7, 11) is -4.95. The number of hydrogen-bond donors (Lipinski definition) is 0. The van der Waals surface area contributed by atoms with E-state index in [1.807, 2.05) is 0 Å². The molecule has 0 saturated carbocycles. The zero-order valence-corrected chi connectivity index (χ0v) is 8.59. The third-order valence-electron chi connectivity index (χ3n) is 1.70. The summed E-state index contributed by atoms with van der Waals surface area (Å²) in [6, 6.07) is 1.59. The van der Waals surface area contributed by atoms with Crippen LogP contribution < -0.4 is 0 Å². The van der Waals surface area contributed by atoms with Crippen molar-refractivity contribution in [3.8, 4) is 0 Å². The molecule has 0 radical (unpaired) electrons. The lowest BCUT2D eigenvalue weighted by Crippen LogP contribution is -2.05. The SMILES string of the molecule is O=[N+]([O-])c1ccc(S(=O)(=O)OF)c([N+](=O)[O-])c1. The molecule has 0 unspecified atom stereocenters. The van der Waals surface area contributed by atoms with Crippen LogP contribution in [0.25, 0.3) is 0 Å². The van der Waals surface area contributed by atoms with Gasteiger partial charge in [-0.3, -0.25) is 20.2 Å². The van der Waals surface area contributed by atoms with Crippen LogP contribution in [0.1, 0.15) is 0 Å². The zero-order chi connectivity index (χ0) is 13.2. The van der Waals surface area contributed by atoms with Crippen molar-refractivity contribution in [1.29, 1.82) is 0 Å². The number of nitrogens with zero attached hydrogens (tertiary/aromatic N) is 2. The van der Waals surface area contributed by atoms with E-state index in [0.29, 0.717) is 18.2 Å². The minimum absolute atomic E-state index is 0.395. The first kappa shape index (κ1) is 12.9. The molecule has 9 nitrogen and oxygen atoms in total. The number of non-ortho nitro benzene ring substituents is 1. The predicted molar refractivity (Wildman–Crippen MR) is 49.1 cm³/mol.